The van der Waals surface area contributed by atoms with Gasteiger partial charge in [-0.15, -0.1) is 0 Å². The quantitative estimate of drug-likeness (QED) is 0.759. The van der Waals surface area contributed by atoms with Gasteiger partial charge in [0.25, 0.3) is 0 Å². The van der Waals surface area contributed by atoms with Gasteiger partial charge < -0.3 is 14.5 Å². The van der Waals surface area contributed by atoms with Crippen LogP contribution < -0.4 is 10.1 Å². The third-order valence-electron chi connectivity index (χ3n) is 2.88. The first kappa shape index (κ1) is 11.6. The summed E-state index contributed by atoms with van der Waals surface area (Å²) >= 11 is 0. The molecule has 1 amide bonds. The van der Waals surface area contributed by atoms with Crippen LogP contribution in [0.25, 0.3) is 21.9 Å². The van der Waals surface area contributed by atoms with E-state index in [-0.39, 0.29) is 0 Å². The van der Waals surface area contributed by atoms with Crippen LogP contribution >= 0.6 is 0 Å². The fourth-order valence-electron chi connectivity index (χ4n) is 2.06. The minimum Gasteiger partial charge on any atom is -0.456 e. The molecule has 0 bridgehead atoms. The van der Waals surface area contributed by atoms with Gasteiger partial charge in [-0.25, -0.2) is 4.79 Å². The van der Waals surface area contributed by atoms with Gasteiger partial charge in [0.05, 0.1) is 0 Å². The number of hydrogen-bond acceptors (Lipinski definition) is 3. The molecule has 1 N–H and O–H groups in total. The van der Waals surface area contributed by atoms with Crippen LogP contribution in [0.5, 0.6) is 5.75 Å². The molecule has 0 aliphatic heterocycles. The molecule has 0 aliphatic rings. The maximum atomic E-state index is 11.4. The standard InChI is InChI=1S/C15H13NO3/c1-2-16-15(17)18-10-7-8-14-12(9-10)11-5-3-4-6-13(11)19-14/h3-9H,2H2,1H3,(H,16,17). The second-order valence-electron chi connectivity index (χ2n) is 4.18. The summed E-state index contributed by atoms with van der Waals surface area (Å²) in [5, 5.41) is 4.54. The summed E-state index contributed by atoms with van der Waals surface area (Å²) in [6, 6.07) is 13.1. The van der Waals surface area contributed by atoms with Gasteiger partial charge in [-0.1, -0.05) is 18.2 Å². The predicted molar refractivity (Wildman–Crippen MR) is 73.4 cm³/mol. The van der Waals surface area contributed by atoms with Crippen molar-refractivity contribution in [3.63, 3.8) is 0 Å². The minimum atomic E-state index is -0.449. The number of benzene rings is 2. The summed E-state index contributed by atoms with van der Waals surface area (Å²) in [5.74, 6) is 0.505. The van der Waals surface area contributed by atoms with Gasteiger partial charge in [-0.2, -0.15) is 0 Å². The zero-order valence-corrected chi connectivity index (χ0v) is 10.5. The van der Waals surface area contributed by atoms with Crippen LogP contribution in [0.1, 0.15) is 6.92 Å². The van der Waals surface area contributed by atoms with Crippen LogP contribution in [0.3, 0.4) is 0 Å². The first-order valence-electron chi connectivity index (χ1n) is 6.15. The molecular formula is C15H13NO3. The van der Waals surface area contributed by atoms with E-state index >= 15 is 0 Å². The third-order valence-corrected chi connectivity index (χ3v) is 2.88. The van der Waals surface area contributed by atoms with E-state index in [0.717, 1.165) is 21.9 Å². The summed E-state index contributed by atoms with van der Waals surface area (Å²) in [6.07, 6.45) is -0.449. The molecule has 3 aromatic rings. The highest BCUT2D eigenvalue weighted by atomic mass is 16.6. The number of furan rings is 1. The van der Waals surface area contributed by atoms with Gasteiger partial charge in [0, 0.05) is 17.3 Å². The van der Waals surface area contributed by atoms with Crippen LogP contribution in [0, 0.1) is 0 Å². The highest BCUT2D eigenvalue weighted by molar-refractivity contribution is 6.05. The summed E-state index contributed by atoms with van der Waals surface area (Å²) in [5.41, 5.74) is 1.61. The topological polar surface area (TPSA) is 51.5 Å². The zero-order chi connectivity index (χ0) is 13.2. The summed E-state index contributed by atoms with van der Waals surface area (Å²) in [4.78, 5) is 11.4. The largest absolute Gasteiger partial charge is 0.456 e. The molecule has 0 aliphatic carbocycles. The van der Waals surface area contributed by atoms with Crippen LogP contribution in [-0.2, 0) is 0 Å². The molecule has 96 valence electrons. The fraction of sp³-hybridized carbons (Fsp3) is 0.133. The van der Waals surface area contributed by atoms with Crippen LogP contribution in [0.4, 0.5) is 4.79 Å². The third kappa shape index (κ3) is 2.12. The van der Waals surface area contributed by atoms with E-state index in [1.165, 1.54) is 0 Å². The lowest BCUT2D eigenvalue weighted by molar-refractivity contribution is 0.201. The van der Waals surface area contributed by atoms with E-state index < -0.39 is 6.09 Å². The Balaban J connectivity index is 2.04. The lowest BCUT2D eigenvalue weighted by Crippen LogP contribution is -2.26. The minimum absolute atomic E-state index is 0.449. The van der Waals surface area contributed by atoms with Crippen molar-refractivity contribution in [3.05, 3.63) is 42.5 Å². The van der Waals surface area contributed by atoms with E-state index in [9.17, 15) is 4.79 Å². The normalized spacial score (nSPS) is 10.8. The average Bonchev–Trinajstić information content (AvgIpc) is 2.77. The Bertz CT molecular complexity index is 745. The number of fused-ring (bicyclic) bond motifs is 3. The molecule has 0 spiro atoms. The van der Waals surface area contributed by atoms with Crippen LogP contribution in [0.2, 0.25) is 0 Å². The van der Waals surface area contributed by atoms with E-state index in [1.807, 2.05) is 43.3 Å². The van der Waals surface area contributed by atoms with Gasteiger partial charge in [0.2, 0.25) is 0 Å². The molecular weight excluding hydrogens is 242 g/mol. The number of rotatable bonds is 2. The van der Waals surface area contributed by atoms with Crippen molar-refractivity contribution in [3.8, 4) is 5.75 Å². The molecule has 0 unspecified atom stereocenters. The number of ether oxygens (including phenoxy) is 1. The Hall–Kier alpha value is -2.49. The molecule has 19 heavy (non-hydrogen) atoms. The molecule has 0 radical (unpaired) electrons. The van der Waals surface area contributed by atoms with E-state index in [1.54, 1.807) is 6.07 Å². The molecule has 0 atom stereocenters. The smallest absolute Gasteiger partial charge is 0.412 e. The molecule has 4 nitrogen and oxygen atoms in total. The number of para-hydroxylation sites is 1. The Morgan fingerprint density at radius 2 is 1.95 bits per heavy atom. The van der Waals surface area contributed by atoms with Gasteiger partial charge in [0.1, 0.15) is 16.9 Å². The van der Waals surface area contributed by atoms with Crippen LogP contribution in [0.15, 0.2) is 46.9 Å². The molecule has 1 heterocycles. The van der Waals surface area contributed by atoms with Crippen molar-refractivity contribution >= 4 is 28.0 Å². The SMILES string of the molecule is CCNC(=O)Oc1ccc2oc3ccccc3c2c1. The molecule has 0 fully saturated rings. The van der Waals surface area contributed by atoms with Crippen molar-refractivity contribution in [2.24, 2.45) is 0 Å². The van der Waals surface area contributed by atoms with Crippen molar-refractivity contribution in [1.82, 2.24) is 5.32 Å². The Labute approximate surface area is 110 Å². The lowest BCUT2D eigenvalue weighted by atomic mass is 10.1. The second kappa shape index (κ2) is 4.65. The predicted octanol–water partition coefficient (Wildman–Crippen LogP) is 3.69. The number of hydrogen-bond donors (Lipinski definition) is 1. The number of carbonyl (C=O) groups is 1. The van der Waals surface area contributed by atoms with Gasteiger partial charge in [-0.3, -0.25) is 0 Å². The van der Waals surface area contributed by atoms with Gasteiger partial charge >= 0.3 is 6.09 Å². The van der Waals surface area contributed by atoms with Gasteiger partial charge in [0.15, 0.2) is 0 Å². The second-order valence-corrected chi connectivity index (χ2v) is 4.18. The van der Waals surface area contributed by atoms with Crippen molar-refractivity contribution in [2.75, 3.05) is 6.54 Å². The highest BCUT2D eigenvalue weighted by Crippen LogP contribution is 2.31. The van der Waals surface area contributed by atoms with Crippen LogP contribution in [-0.4, -0.2) is 12.6 Å². The first-order valence-corrected chi connectivity index (χ1v) is 6.15. The zero-order valence-electron chi connectivity index (χ0n) is 10.5. The summed E-state index contributed by atoms with van der Waals surface area (Å²) in [6.45, 7) is 2.38. The Morgan fingerprint density at radius 1 is 1.16 bits per heavy atom. The fourth-order valence-corrected chi connectivity index (χ4v) is 2.06. The first-order chi connectivity index (χ1) is 9.28. The average molecular weight is 255 g/mol. The Morgan fingerprint density at radius 3 is 2.79 bits per heavy atom. The number of carbonyl (C=O) groups excluding carboxylic acids is 1. The molecule has 2 aromatic carbocycles. The summed E-state index contributed by atoms with van der Waals surface area (Å²) in [7, 11) is 0. The van der Waals surface area contributed by atoms with Crippen molar-refractivity contribution in [1.29, 1.82) is 0 Å². The Kier molecular flexibility index (Phi) is 2.83. The summed E-state index contributed by atoms with van der Waals surface area (Å²) < 4.78 is 10.9. The highest BCUT2D eigenvalue weighted by Gasteiger charge is 2.09. The lowest BCUT2D eigenvalue weighted by Gasteiger charge is -2.04. The van der Waals surface area contributed by atoms with E-state index in [2.05, 4.69) is 5.32 Å². The maximum Gasteiger partial charge on any atom is 0.412 e. The molecule has 0 saturated heterocycles. The van der Waals surface area contributed by atoms with E-state index in [4.69, 9.17) is 9.15 Å². The maximum absolute atomic E-state index is 11.4. The van der Waals surface area contributed by atoms with Gasteiger partial charge in [-0.05, 0) is 31.2 Å². The number of nitrogens with one attached hydrogen (secondary N) is 1. The molecule has 0 saturated carbocycles. The molecule has 3 rings (SSSR count). The van der Waals surface area contributed by atoms with Crippen molar-refractivity contribution in [2.45, 2.75) is 6.92 Å². The van der Waals surface area contributed by atoms with Crippen molar-refractivity contribution < 1.29 is 13.9 Å². The monoisotopic (exact) mass is 255 g/mol. The molecule has 1 aromatic heterocycles. The molecule has 4 heteroatoms. The van der Waals surface area contributed by atoms with E-state index in [0.29, 0.717) is 12.3 Å². The number of amides is 1.